The lowest BCUT2D eigenvalue weighted by Gasteiger charge is -2.26. The zero-order valence-corrected chi connectivity index (χ0v) is 23.5. The number of halogens is 1. The number of anilines is 1. The fourth-order valence-electron chi connectivity index (χ4n) is 5.35. The molecule has 11 heteroatoms. The van der Waals surface area contributed by atoms with E-state index in [0.717, 1.165) is 48.6 Å². The van der Waals surface area contributed by atoms with Gasteiger partial charge in [0, 0.05) is 37.7 Å². The average molecular weight is 581 g/mol. The molecule has 1 aliphatic heterocycles. The molecule has 0 amide bonds. The van der Waals surface area contributed by atoms with Crippen LogP contribution in [-0.4, -0.2) is 52.5 Å². The lowest BCUT2D eigenvalue weighted by molar-refractivity contribution is 0.294. The fourth-order valence-corrected chi connectivity index (χ4v) is 5.35. The van der Waals surface area contributed by atoms with Crippen molar-refractivity contribution in [2.24, 2.45) is 0 Å². The number of aromatic nitrogens is 7. The molecule has 2 N–H and O–H groups in total. The van der Waals surface area contributed by atoms with E-state index in [9.17, 15) is 4.39 Å². The SMILES string of the molecule is N#Cc1nccc(C2=CCN(Cc3ccc(-n4c(-c5cccnc5N)nc5ccc(-c6ccc(F)cn6)nc54)cc3)CC2)n1. The normalized spacial score (nSPS) is 13.5. The molecule has 0 spiro atoms. The van der Waals surface area contributed by atoms with E-state index in [1.807, 2.05) is 53.1 Å². The van der Waals surface area contributed by atoms with E-state index in [0.29, 0.717) is 39.8 Å². The number of hydrogen-bond donors (Lipinski definition) is 1. The van der Waals surface area contributed by atoms with Crippen molar-refractivity contribution in [1.82, 2.24) is 39.4 Å². The molecule has 5 aromatic heterocycles. The van der Waals surface area contributed by atoms with Crippen LogP contribution in [0.5, 0.6) is 0 Å². The van der Waals surface area contributed by atoms with Crippen LogP contribution in [-0.2, 0) is 6.54 Å². The van der Waals surface area contributed by atoms with E-state index in [2.05, 4.69) is 43.0 Å². The Kier molecular flexibility index (Phi) is 7.02. The van der Waals surface area contributed by atoms with Crippen LogP contribution in [0.2, 0.25) is 0 Å². The van der Waals surface area contributed by atoms with Gasteiger partial charge in [0.25, 0.3) is 0 Å². The number of rotatable bonds is 6. The van der Waals surface area contributed by atoms with Gasteiger partial charge < -0.3 is 5.73 Å². The molecule has 0 aliphatic carbocycles. The molecule has 6 heterocycles. The number of benzene rings is 1. The number of fused-ring (bicyclic) bond motifs is 1. The Balaban J connectivity index is 1.20. The summed E-state index contributed by atoms with van der Waals surface area (Å²) in [5.74, 6) is 0.761. The Bertz CT molecular complexity index is 2060. The van der Waals surface area contributed by atoms with Crippen molar-refractivity contribution < 1.29 is 4.39 Å². The molecule has 1 aliphatic rings. The Hall–Kier alpha value is -5.86. The summed E-state index contributed by atoms with van der Waals surface area (Å²) < 4.78 is 15.5. The molecule has 0 atom stereocenters. The predicted octanol–water partition coefficient (Wildman–Crippen LogP) is 5.22. The van der Waals surface area contributed by atoms with Crippen LogP contribution in [0.3, 0.4) is 0 Å². The molecule has 0 unspecified atom stereocenters. The third-order valence-corrected chi connectivity index (χ3v) is 7.55. The summed E-state index contributed by atoms with van der Waals surface area (Å²) in [6.45, 7) is 2.44. The Morgan fingerprint density at radius 1 is 0.864 bits per heavy atom. The maximum Gasteiger partial charge on any atom is 0.232 e. The first kappa shape index (κ1) is 27.0. The zero-order valence-electron chi connectivity index (χ0n) is 23.5. The van der Waals surface area contributed by atoms with Gasteiger partial charge in [0.05, 0.1) is 28.8 Å². The van der Waals surface area contributed by atoms with Gasteiger partial charge in [0.2, 0.25) is 5.82 Å². The fraction of sp³-hybridized carbons (Fsp3) is 0.121. The number of nitrogens with zero attached hydrogens (tertiary/aromatic N) is 9. The first-order valence-corrected chi connectivity index (χ1v) is 14.0. The van der Waals surface area contributed by atoms with Crippen molar-refractivity contribution >= 4 is 22.6 Å². The quantitative estimate of drug-likeness (QED) is 0.281. The van der Waals surface area contributed by atoms with Gasteiger partial charge in [0.1, 0.15) is 23.2 Å². The smallest absolute Gasteiger partial charge is 0.232 e. The van der Waals surface area contributed by atoms with Gasteiger partial charge in [-0.1, -0.05) is 18.2 Å². The van der Waals surface area contributed by atoms with Crippen LogP contribution >= 0.6 is 0 Å². The number of nitrogens with two attached hydrogens (primary N) is 1. The van der Waals surface area contributed by atoms with Crippen LogP contribution in [0.15, 0.2) is 91.4 Å². The maximum absolute atomic E-state index is 13.5. The highest BCUT2D eigenvalue weighted by Gasteiger charge is 2.20. The van der Waals surface area contributed by atoms with E-state index in [4.69, 9.17) is 21.0 Å². The molecule has 0 bridgehead atoms. The lowest BCUT2D eigenvalue weighted by atomic mass is 10.0. The summed E-state index contributed by atoms with van der Waals surface area (Å²) in [7, 11) is 0. The number of nitriles is 1. The van der Waals surface area contributed by atoms with Crippen molar-refractivity contribution in [3.05, 3.63) is 114 Å². The summed E-state index contributed by atoms with van der Waals surface area (Å²) in [6.07, 6.45) is 7.46. The van der Waals surface area contributed by atoms with Crippen molar-refractivity contribution in [2.75, 3.05) is 18.8 Å². The minimum Gasteiger partial charge on any atom is -0.383 e. The second-order valence-electron chi connectivity index (χ2n) is 10.4. The Morgan fingerprint density at radius 3 is 2.48 bits per heavy atom. The zero-order chi connectivity index (χ0) is 30.0. The van der Waals surface area contributed by atoms with E-state index in [-0.39, 0.29) is 5.82 Å². The second-order valence-corrected chi connectivity index (χ2v) is 10.4. The van der Waals surface area contributed by atoms with E-state index in [1.54, 1.807) is 18.5 Å². The van der Waals surface area contributed by atoms with E-state index >= 15 is 0 Å². The third kappa shape index (κ3) is 5.26. The minimum atomic E-state index is -0.407. The van der Waals surface area contributed by atoms with Gasteiger partial charge in [-0.25, -0.2) is 29.3 Å². The molecule has 0 saturated heterocycles. The number of nitrogen functional groups attached to an aromatic ring is 1. The molecule has 0 radical (unpaired) electrons. The van der Waals surface area contributed by atoms with Gasteiger partial charge in [-0.2, -0.15) is 5.26 Å². The summed E-state index contributed by atoms with van der Waals surface area (Å²) in [5, 5.41) is 9.12. The Labute approximate surface area is 252 Å². The lowest BCUT2D eigenvalue weighted by Crippen LogP contribution is -2.28. The van der Waals surface area contributed by atoms with Crippen LogP contribution in [0.4, 0.5) is 10.2 Å². The summed E-state index contributed by atoms with van der Waals surface area (Å²) in [5.41, 5.74) is 13.4. The highest BCUT2D eigenvalue weighted by atomic mass is 19.1. The highest BCUT2D eigenvalue weighted by molar-refractivity contribution is 5.84. The molecular weight excluding hydrogens is 555 g/mol. The first-order chi connectivity index (χ1) is 21.6. The standard InChI is InChI=1S/C33H25FN10/c34-23-5-8-27(39-19-23)28-9-10-29-33(41-28)44(32(42-29)25-2-1-14-38-31(25)36)24-6-3-21(4-7-24)20-43-16-12-22(13-17-43)26-11-15-37-30(18-35)40-26/h1-12,14-15,19H,13,16-17,20H2,(H2,36,38). The van der Waals surface area contributed by atoms with Gasteiger partial charge in [-0.05, 0) is 72.2 Å². The van der Waals surface area contributed by atoms with E-state index in [1.165, 1.54) is 12.3 Å². The minimum absolute atomic E-state index is 0.185. The summed E-state index contributed by atoms with van der Waals surface area (Å²) in [4.78, 5) is 28.9. The molecule has 6 aromatic rings. The molecule has 44 heavy (non-hydrogen) atoms. The predicted molar refractivity (Wildman–Crippen MR) is 164 cm³/mol. The van der Waals surface area contributed by atoms with Gasteiger partial charge in [0.15, 0.2) is 11.5 Å². The molecule has 10 nitrogen and oxygen atoms in total. The summed E-state index contributed by atoms with van der Waals surface area (Å²) in [6, 6.07) is 22.5. The number of hydrogen-bond acceptors (Lipinski definition) is 9. The third-order valence-electron chi connectivity index (χ3n) is 7.55. The molecule has 1 aromatic carbocycles. The first-order valence-electron chi connectivity index (χ1n) is 14.0. The number of pyridine rings is 3. The van der Waals surface area contributed by atoms with Crippen molar-refractivity contribution in [1.29, 1.82) is 5.26 Å². The molecule has 0 fully saturated rings. The van der Waals surface area contributed by atoms with Crippen molar-refractivity contribution in [2.45, 2.75) is 13.0 Å². The molecular formula is C33H25FN10. The average Bonchev–Trinajstić information content (AvgIpc) is 3.44. The second kappa shape index (κ2) is 11.4. The topological polar surface area (TPSA) is 135 Å². The molecule has 0 saturated carbocycles. The van der Waals surface area contributed by atoms with Crippen LogP contribution in [0, 0.1) is 17.1 Å². The Morgan fingerprint density at radius 2 is 1.73 bits per heavy atom. The summed E-state index contributed by atoms with van der Waals surface area (Å²) >= 11 is 0. The van der Waals surface area contributed by atoms with Crippen LogP contribution < -0.4 is 5.73 Å². The largest absolute Gasteiger partial charge is 0.383 e. The van der Waals surface area contributed by atoms with Crippen molar-refractivity contribution in [3.8, 4) is 34.5 Å². The van der Waals surface area contributed by atoms with Crippen LogP contribution in [0.25, 0.3) is 45.2 Å². The monoisotopic (exact) mass is 580 g/mol. The van der Waals surface area contributed by atoms with Gasteiger partial charge in [-0.3, -0.25) is 14.5 Å². The highest BCUT2D eigenvalue weighted by Crippen LogP contribution is 2.32. The van der Waals surface area contributed by atoms with Gasteiger partial charge in [-0.15, -0.1) is 0 Å². The molecule has 214 valence electrons. The van der Waals surface area contributed by atoms with Crippen molar-refractivity contribution in [3.63, 3.8) is 0 Å². The molecule has 7 rings (SSSR count). The maximum atomic E-state index is 13.5. The van der Waals surface area contributed by atoms with E-state index < -0.39 is 5.82 Å². The van der Waals surface area contributed by atoms with Gasteiger partial charge >= 0.3 is 0 Å². The van der Waals surface area contributed by atoms with Crippen LogP contribution in [0.1, 0.15) is 23.5 Å². The number of imidazole rings is 1.